The van der Waals surface area contributed by atoms with Gasteiger partial charge in [0.05, 0.1) is 0 Å². The smallest absolute Gasteiger partial charge is 2.00 e. The van der Waals surface area contributed by atoms with Gasteiger partial charge in [0.15, 0.2) is 0 Å². The average molecular weight is 141 g/mol. The third kappa shape index (κ3) is 1460. The molecule has 2 amide bonds. The summed E-state index contributed by atoms with van der Waals surface area (Å²) in [6, 6.07) is -0.833. The van der Waals surface area contributed by atoms with Crippen molar-refractivity contribution in [2.24, 2.45) is 11.5 Å². The number of carbonyl (C=O) groups excluding carboxylic acids is 1. The van der Waals surface area contributed by atoms with Gasteiger partial charge in [0.2, 0.25) is 0 Å². The standard InChI is InChI=1S/CH4N2O.O.Zn/c2-1(3)4;;/h(H4,2,3,4);;/q;-2;+2. The zero-order valence-corrected chi connectivity index (χ0v) is 6.15. The number of amides is 2. The fraction of sp³-hybridized carbons (Fsp3) is 0. The van der Waals surface area contributed by atoms with Crippen LogP contribution in [0.5, 0.6) is 0 Å². The fourth-order valence-corrected chi connectivity index (χ4v) is 0. The van der Waals surface area contributed by atoms with Gasteiger partial charge in [-0.2, -0.15) is 0 Å². The Labute approximate surface area is 47.9 Å². The number of primary amides is 2. The Morgan fingerprint density at radius 1 is 1.33 bits per heavy atom. The van der Waals surface area contributed by atoms with E-state index in [1.54, 1.807) is 0 Å². The number of carbonyl (C=O) groups is 1. The zero-order chi connectivity index (χ0) is 3.58. The number of nitrogens with two attached hydrogens (primary N) is 2. The van der Waals surface area contributed by atoms with Gasteiger partial charge in [0, 0.05) is 0 Å². The Bertz CT molecular complexity index is 34.5. The first-order valence-electron chi connectivity index (χ1n) is 0.781. The molecule has 5 heteroatoms. The third-order valence-electron chi connectivity index (χ3n) is 0. The molecule has 0 atom stereocenters. The first kappa shape index (κ1) is 16.9. The molecule has 4 N–H and O–H groups in total. The average Bonchev–Trinajstić information content (AvgIpc) is 0.811. The molecule has 0 unspecified atom stereocenters. The fourth-order valence-electron chi connectivity index (χ4n) is 0. The van der Waals surface area contributed by atoms with Crippen molar-refractivity contribution in [1.82, 2.24) is 0 Å². The van der Waals surface area contributed by atoms with Gasteiger partial charge in [-0.15, -0.1) is 0 Å². The van der Waals surface area contributed by atoms with Crippen molar-refractivity contribution in [2.75, 3.05) is 0 Å². The second kappa shape index (κ2) is 8.85. The van der Waals surface area contributed by atoms with Gasteiger partial charge in [-0.05, 0) is 0 Å². The quantitative estimate of drug-likeness (QED) is 0.412. The van der Waals surface area contributed by atoms with Crippen LogP contribution < -0.4 is 11.5 Å². The maximum absolute atomic E-state index is 9.00. The first-order chi connectivity index (χ1) is 1.73. The molecular weight excluding hydrogens is 137 g/mol. The number of urea groups is 1. The van der Waals surface area contributed by atoms with E-state index in [0.717, 1.165) is 0 Å². The first-order valence-corrected chi connectivity index (χ1v) is 0.781. The van der Waals surface area contributed by atoms with Crippen LogP contribution in [0.3, 0.4) is 0 Å². The predicted octanol–water partition coefficient (Wildman–Crippen LogP) is -1.10. The van der Waals surface area contributed by atoms with Crippen LogP contribution in [0.15, 0.2) is 0 Å². The van der Waals surface area contributed by atoms with E-state index < -0.39 is 6.03 Å². The van der Waals surface area contributed by atoms with Crippen molar-refractivity contribution in [3.63, 3.8) is 0 Å². The summed E-state index contributed by atoms with van der Waals surface area (Å²) >= 11 is 0. The van der Waals surface area contributed by atoms with Gasteiger partial charge in [-0.1, -0.05) is 0 Å². The molecule has 0 saturated heterocycles. The van der Waals surface area contributed by atoms with Gasteiger partial charge < -0.3 is 16.9 Å². The van der Waals surface area contributed by atoms with E-state index in [4.69, 9.17) is 4.79 Å². The number of hydrogen-bond donors (Lipinski definition) is 2. The molecule has 0 aromatic rings. The summed E-state index contributed by atoms with van der Waals surface area (Å²) < 4.78 is 0. The molecule has 0 aromatic heterocycles. The van der Waals surface area contributed by atoms with Crippen LogP contribution in [0.25, 0.3) is 0 Å². The molecule has 32 valence electrons. The zero-order valence-electron chi connectivity index (χ0n) is 3.18. The minimum Gasteiger partial charge on any atom is -2.00 e. The van der Waals surface area contributed by atoms with Crippen LogP contribution >= 0.6 is 0 Å². The number of rotatable bonds is 0. The molecule has 0 rings (SSSR count). The van der Waals surface area contributed by atoms with Gasteiger partial charge in [0.25, 0.3) is 0 Å². The minimum atomic E-state index is -0.833. The van der Waals surface area contributed by atoms with Crippen molar-refractivity contribution >= 4 is 6.03 Å². The Morgan fingerprint density at radius 3 is 1.33 bits per heavy atom. The van der Waals surface area contributed by atoms with E-state index in [9.17, 15) is 0 Å². The van der Waals surface area contributed by atoms with Crippen molar-refractivity contribution in [3.05, 3.63) is 0 Å². The van der Waals surface area contributed by atoms with E-state index in [2.05, 4.69) is 11.5 Å². The van der Waals surface area contributed by atoms with E-state index in [0.29, 0.717) is 0 Å². The molecule has 0 saturated carbocycles. The summed E-state index contributed by atoms with van der Waals surface area (Å²) in [6.45, 7) is 0. The molecule has 0 spiro atoms. The summed E-state index contributed by atoms with van der Waals surface area (Å²) in [6.07, 6.45) is 0. The molecule has 4 nitrogen and oxygen atoms in total. The molecule has 0 aliphatic rings. The van der Waals surface area contributed by atoms with Crippen molar-refractivity contribution in [2.45, 2.75) is 0 Å². The van der Waals surface area contributed by atoms with E-state index in [-0.39, 0.29) is 25.0 Å². The SMILES string of the molecule is NC(N)=O.[O-2].[Zn+2]. The summed E-state index contributed by atoms with van der Waals surface area (Å²) in [4.78, 5) is 9.00. The van der Waals surface area contributed by atoms with Crippen molar-refractivity contribution in [3.8, 4) is 0 Å². The molecule has 0 radical (unpaired) electrons. The molecule has 0 aliphatic carbocycles. The van der Waals surface area contributed by atoms with Crippen LogP contribution in [0.1, 0.15) is 0 Å². The van der Waals surface area contributed by atoms with Gasteiger partial charge >= 0.3 is 25.5 Å². The largest absolute Gasteiger partial charge is 2.00 e. The van der Waals surface area contributed by atoms with E-state index >= 15 is 0 Å². The van der Waals surface area contributed by atoms with Crippen LogP contribution in [-0.4, -0.2) is 6.03 Å². The maximum Gasteiger partial charge on any atom is 2.00 e. The van der Waals surface area contributed by atoms with Gasteiger partial charge in [-0.3, -0.25) is 0 Å². The van der Waals surface area contributed by atoms with E-state index in [1.807, 2.05) is 0 Å². The monoisotopic (exact) mass is 140 g/mol. The van der Waals surface area contributed by atoms with Crippen LogP contribution in [0.4, 0.5) is 4.79 Å². The van der Waals surface area contributed by atoms with Gasteiger partial charge in [0.1, 0.15) is 0 Å². The molecule has 0 fully saturated rings. The predicted molar refractivity (Wildman–Crippen MR) is 14.5 cm³/mol. The van der Waals surface area contributed by atoms with Crippen molar-refractivity contribution in [1.29, 1.82) is 0 Å². The molecule has 6 heavy (non-hydrogen) atoms. The molecule has 0 aromatic carbocycles. The van der Waals surface area contributed by atoms with Crippen LogP contribution in [-0.2, 0) is 25.0 Å². The van der Waals surface area contributed by atoms with Gasteiger partial charge in [-0.25, -0.2) is 4.79 Å². The topological polar surface area (TPSA) is 97.6 Å². The van der Waals surface area contributed by atoms with Crippen molar-refractivity contribution < 1.29 is 29.7 Å². The Balaban J connectivity index is -0.0000000450. The molecule has 0 aliphatic heterocycles. The van der Waals surface area contributed by atoms with E-state index in [1.165, 1.54) is 0 Å². The Hall–Kier alpha value is -0.147. The molecular formula is CH4N2O2Zn. The Morgan fingerprint density at radius 2 is 1.33 bits per heavy atom. The van der Waals surface area contributed by atoms with Crippen LogP contribution in [0, 0.1) is 0 Å². The summed E-state index contributed by atoms with van der Waals surface area (Å²) in [5.41, 5.74) is 8.50. The summed E-state index contributed by atoms with van der Waals surface area (Å²) in [7, 11) is 0. The molecule has 0 heterocycles. The Kier molecular flexibility index (Phi) is 25.0. The maximum atomic E-state index is 9.00. The second-order valence-corrected chi connectivity index (χ2v) is 0.402. The van der Waals surface area contributed by atoms with Crippen LogP contribution in [0.2, 0.25) is 0 Å². The summed E-state index contributed by atoms with van der Waals surface area (Å²) in [5.74, 6) is 0. The normalized spacial score (nSPS) is 4.00. The minimum absolute atomic E-state index is 0. The third-order valence-corrected chi connectivity index (χ3v) is 0. The second-order valence-electron chi connectivity index (χ2n) is 0.402. The number of hydrogen-bond acceptors (Lipinski definition) is 1. The molecule has 0 bridgehead atoms. The summed E-state index contributed by atoms with van der Waals surface area (Å²) in [5, 5.41) is 0.